The molecule has 1 amide bonds. The van der Waals surface area contributed by atoms with E-state index in [2.05, 4.69) is 10.6 Å². The number of ether oxygens (including phenoxy) is 1. The van der Waals surface area contributed by atoms with Gasteiger partial charge in [-0.2, -0.15) is 0 Å². The Morgan fingerprint density at radius 1 is 1.45 bits per heavy atom. The second kappa shape index (κ2) is 7.07. The molecule has 4 nitrogen and oxygen atoms in total. The molecule has 2 unspecified atom stereocenters. The molecule has 0 aromatic heterocycles. The Morgan fingerprint density at radius 2 is 2.25 bits per heavy atom. The van der Waals surface area contributed by atoms with Gasteiger partial charge in [0.2, 0.25) is 5.91 Å². The van der Waals surface area contributed by atoms with Gasteiger partial charge in [-0.05, 0) is 43.9 Å². The van der Waals surface area contributed by atoms with E-state index in [1.165, 1.54) is 0 Å². The van der Waals surface area contributed by atoms with Crippen LogP contribution >= 0.6 is 11.6 Å². The van der Waals surface area contributed by atoms with Crippen molar-refractivity contribution in [1.82, 2.24) is 5.32 Å². The number of halogens is 1. The minimum absolute atomic E-state index is 0.0452. The number of aryl methyl sites for hydroxylation is 1. The number of methoxy groups -OCH3 is 1. The summed E-state index contributed by atoms with van der Waals surface area (Å²) in [6.45, 7) is 2.26. The fourth-order valence-electron chi connectivity index (χ4n) is 2.50. The summed E-state index contributed by atoms with van der Waals surface area (Å²) in [7, 11) is 1.74. The molecule has 1 aromatic rings. The lowest BCUT2D eigenvalue weighted by Crippen LogP contribution is -2.35. The van der Waals surface area contributed by atoms with Crippen LogP contribution in [0.15, 0.2) is 18.2 Å². The summed E-state index contributed by atoms with van der Waals surface area (Å²) in [4.78, 5) is 11.9. The lowest BCUT2D eigenvalue weighted by atomic mass is 10.2. The van der Waals surface area contributed by atoms with Crippen molar-refractivity contribution in [3.63, 3.8) is 0 Å². The molecular weight excluding hydrogens is 276 g/mol. The molecule has 0 radical (unpaired) electrons. The largest absolute Gasteiger partial charge is 0.381 e. The molecular formula is C15H21ClN2O2. The predicted octanol–water partition coefficient (Wildman–Crippen LogP) is 2.74. The molecule has 2 N–H and O–H groups in total. The highest BCUT2D eigenvalue weighted by molar-refractivity contribution is 6.31. The van der Waals surface area contributed by atoms with E-state index < -0.39 is 0 Å². The lowest BCUT2D eigenvalue weighted by molar-refractivity contribution is -0.115. The van der Waals surface area contributed by atoms with Gasteiger partial charge in [-0.1, -0.05) is 17.7 Å². The third-order valence-corrected chi connectivity index (χ3v) is 3.98. The van der Waals surface area contributed by atoms with Gasteiger partial charge in [0, 0.05) is 23.9 Å². The quantitative estimate of drug-likeness (QED) is 0.878. The van der Waals surface area contributed by atoms with Crippen molar-refractivity contribution in [2.45, 2.75) is 38.3 Å². The molecule has 0 aliphatic heterocycles. The number of carbonyl (C=O) groups excluding carboxylic acids is 1. The fourth-order valence-corrected chi connectivity index (χ4v) is 2.67. The minimum Gasteiger partial charge on any atom is -0.381 e. The Balaban J connectivity index is 1.79. The smallest absolute Gasteiger partial charge is 0.238 e. The van der Waals surface area contributed by atoms with Gasteiger partial charge in [-0.3, -0.25) is 4.79 Å². The molecule has 1 aromatic carbocycles. The molecule has 0 bridgehead atoms. The van der Waals surface area contributed by atoms with Crippen LogP contribution in [0.2, 0.25) is 5.02 Å². The number of rotatable bonds is 5. The zero-order valence-electron chi connectivity index (χ0n) is 11.9. The maximum Gasteiger partial charge on any atom is 0.238 e. The summed E-state index contributed by atoms with van der Waals surface area (Å²) in [5.74, 6) is -0.0452. The van der Waals surface area contributed by atoms with Gasteiger partial charge < -0.3 is 15.4 Å². The average Bonchev–Trinajstić information content (AvgIpc) is 2.89. The molecule has 2 rings (SSSR count). The van der Waals surface area contributed by atoms with Crippen molar-refractivity contribution in [3.05, 3.63) is 28.8 Å². The fraction of sp³-hybridized carbons (Fsp3) is 0.533. The van der Waals surface area contributed by atoms with Gasteiger partial charge in [-0.15, -0.1) is 0 Å². The molecule has 5 heteroatoms. The first kappa shape index (κ1) is 15.3. The summed E-state index contributed by atoms with van der Waals surface area (Å²) in [5.41, 5.74) is 1.77. The van der Waals surface area contributed by atoms with Crippen molar-refractivity contribution >= 4 is 23.2 Å². The number of hydrogen-bond acceptors (Lipinski definition) is 3. The van der Waals surface area contributed by atoms with E-state index in [4.69, 9.17) is 16.3 Å². The molecule has 1 fully saturated rings. The van der Waals surface area contributed by atoms with Gasteiger partial charge in [-0.25, -0.2) is 0 Å². The van der Waals surface area contributed by atoms with Crippen LogP contribution in [0.1, 0.15) is 24.8 Å². The molecule has 1 saturated carbocycles. The van der Waals surface area contributed by atoms with E-state index in [0.29, 0.717) is 23.7 Å². The highest BCUT2D eigenvalue weighted by atomic mass is 35.5. The molecule has 110 valence electrons. The summed E-state index contributed by atoms with van der Waals surface area (Å²) >= 11 is 5.93. The summed E-state index contributed by atoms with van der Waals surface area (Å²) in [6, 6.07) is 5.84. The van der Waals surface area contributed by atoms with Crippen LogP contribution in [-0.2, 0) is 9.53 Å². The van der Waals surface area contributed by atoms with Gasteiger partial charge in [0.05, 0.1) is 12.6 Å². The summed E-state index contributed by atoms with van der Waals surface area (Å²) in [5, 5.41) is 6.78. The maximum absolute atomic E-state index is 11.9. The molecule has 20 heavy (non-hydrogen) atoms. The number of amides is 1. The van der Waals surface area contributed by atoms with E-state index in [0.717, 1.165) is 30.5 Å². The third-order valence-electron chi connectivity index (χ3n) is 3.74. The molecule has 1 aliphatic rings. The van der Waals surface area contributed by atoms with Crippen molar-refractivity contribution in [2.24, 2.45) is 0 Å². The Hall–Kier alpha value is -1.10. The van der Waals surface area contributed by atoms with Gasteiger partial charge >= 0.3 is 0 Å². The summed E-state index contributed by atoms with van der Waals surface area (Å²) in [6.07, 6.45) is 3.41. The molecule has 1 aliphatic carbocycles. The van der Waals surface area contributed by atoms with E-state index in [1.807, 2.05) is 19.1 Å². The first-order valence-corrected chi connectivity index (χ1v) is 7.28. The number of nitrogens with one attached hydrogen (secondary N) is 2. The summed E-state index contributed by atoms with van der Waals surface area (Å²) < 4.78 is 5.32. The third kappa shape index (κ3) is 4.20. The number of anilines is 1. The maximum atomic E-state index is 11.9. The Labute approximate surface area is 124 Å². The van der Waals surface area contributed by atoms with Crippen molar-refractivity contribution < 1.29 is 9.53 Å². The standard InChI is InChI=1S/C15H21ClN2O2/c1-10-3-4-11(16)7-14(10)18-15(19)9-17-12-5-6-13(8-12)20-2/h3-4,7,12-13,17H,5-6,8-9H2,1-2H3,(H,18,19). The Morgan fingerprint density at radius 3 is 2.95 bits per heavy atom. The first-order chi connectivity index (χ1) is 9.58. The number of hydrogen-bond donors (Lipinski definition) is 2. The lowest BCUT2D eigenvalue weighted by Gasteiger charge is -2.13. The number of carbonyl (C=O) groups is 1. The zero-order chi connectivity index (χ0) is 14.5. The molecule has 0 heterocycles. The van der Waals surface area contributed by atoms with Crippen LogP contribution in [0.25, 0.3) is 0 Å². The van der Waals surface area contributed by atoms with Gasteiger partial charge in [0.15, 0.2) is 0 Å². The number of benzene rings is 1. The van der Waals surface area contributed by atoms with Crippen LogP contribution in [0.3, 0.4) is 0 Å². The SMILES string of the molecule is COC1CCC(NCC(=O)Nc2cc(Cl)ccc2C)C1. The molecule has 0 saturated heterocycles. The molecule has 0 spiro atoms. The first-order valence-electron chi connectivity index (χ1n) is 6.90. The van der Waals surface area contributed by atoms with Crippen LogP contribution < -0.4 is 10.6 Å². The highest BCUT2D eigenvalue weighted by Crippen LogP contribution is 2.22. The normalized spacial score (nSPS) is 21.9. The topological polar surface area (TPSA) is 50.4 Å². The second-order valence-corrected chi connectivity index (χ2v) is 5.69. The van der Waals surface area contributed by atoms with Crippen molar-refractivity contribution in [3.8, 4) is 0 Å². The Kier molecular flexibility index (Phi) is 5.40. The molecule has 2 atom stereocenters. The van der Waals surface area contributed by atoms with Crippen LogP contribution in [-0.4, -0.2) is 31.7 Å². The van der Waals surface area contributed by atoms with Crippen LogP contribution in [0.5, 0.6) is 0 Å². The predicted molar refractivity (Wildman–Crippen MR) is 81.3 cm³/mol. The average molecular weight is 297 g/mol. The van der Waals surface area contributed by atoms with Crippen molar-refractivity contribution in [1.29, 1.82) is 0 Å². The monoisotopic (exact) mass is 296 g/mol. The second-order valence-electron chi connectivity index (χ2n) is 5.26. The Bertz CT molecular complexity index is 479. The highest BCUT2D eigenvalue weighted by Gasteiger charge is 2.24. The van der Waals surface area contributed by atoms with Crippen LogP contribution in [0.4, 0.5) is 5.69 Å². The van der Waals surface area contributed by atoms with E-state index in [9.17, 15) is 4.79 Å². The van der Waals surface area contributed by atoms with Gasteiger partial charge in [0.1, 0.15) is 0 Å². The van der Waals surface area contributed by atoms with E-state index in [-0.39, 0.29) is 5.91 Å². The van der Waals surface area contributed by atoms with Gasteiger partial charge in [0.25, 0.3) is 0 Å². The minimum atomic E-state index is -0.0452. The van der Waals surface area contributed by atoms with E-state index in [1.54, 1.807) is 13.2 Å². The van der Waals surface area contributed by atoms with Crippen LogP contribution in [0, 0.1) is 6.92 Å². The van der Waals surface area contributed by atoms with E-state index >= 15 is 0 Å². The zero-order valence-corrected chi connectivity index (χ0v) is 12.7. The van der Waals surface area contributed by atoms with Crippen molar-refractivity contribution in [2.75, 3.05) is 19.0 Å².